The standard InChI is InChI=1S/C20H24N4O3/c25-19(18-12-17(22-23-18)14-4-2-1-3-5-14)21-16-6-9-24(10-7-16)20(26)15-8-11-27-13-15/h1-5,8,11,13,16-18,22-23H,6-7,9-10,12H2,(H,21,25). The summed E-state index contributed by atoms with van der Waals surface area (Å²) in [6.07, 6.45) is 5.21. The highest BCUT2D eigenvalue weighted by Gasteiger charge is 2.32. The fraction of sp³-hybridized carbons (Fsp3) is 0.400. The van der Waals surface area contributed by atoms with Crippen LogP contribution in [-0.4, -0.2) is 41.9 Å². The largest absolute Gasteiger partial charge is 0.472 e. The number of benzene rings is 1. The van der Waals surface area contributed by atoms with Crippen molar-refractivity contribution in [3.8, 4) is 0 Å². The van der Waals surface area contributed by atoms with Crippen LogP contribution >= 0.6 is 0 Å². The Morgan fingerprint density at radius 3 is 2.56 bits per heavy atom. The van der Waals surface area contributed by atoms with Gasteiger partial charge in [0.05, 0.1) is 11.8 Å². The molecule has 0 bridgehead atoms. The van der Waals surface area contributed by atoms with Gasteiger partial charge < -0.3 is 14.6 Å². The maximum atomic E-state index is 12.6. The Labute approximate surface area is 158 Å². The molecule has 3 N–H and O–H groups in total. The normalized spacial score (nSPS) is 23.3. The second kappa shape index (κ2) is 7.94. The monoisotopic (exact) mass is 368 g/mol. The first kappa shape index (κ1) is 17.8. The van der Waals surface area contributed by atoms with Crippen LogP contribution in [0.25, 0.3) is 0 Å². The van der Waals surface area contributed by atoms with E-state index in [1.165, 1.54) is 18.1 Å². The van der Waals surface area contributed by atoms with Gasteiger partial charge in [0.2, 0.25) is 5.91 Å². The number of piperidine rings is 1. The molecule has 3 heterocycles. The van der Waals surface area contributed by atoms with Gasteiger partial charge in [-0.05, 0) is 30.9 Å². The number of amides is 2. The molecule has 2 saturated heterocycles. The van der Waals surface area contributed by atoms with Crippen molar-refractivity contribution in [2.75, 3.05) is 13.1 Å². The molecule has 2 atom stereocenters. The molecule has 1 aromatic carbocycles. The number of hydrogen-bond donors (Lipinski definition) is 3. The minimum atomic E-state index is -0.249. The molecule has 0 spiro atoms. The van der Waals surface area contributed by atoms with Crippen molar-refractivity contribution >= 4 is 11.8 Å². The van der Waals surface area contributed by atoms with Gasteiger partial charge in [0.1, 0.15) is 12.3 Å². The summed E-state index contributed by atoms with van der Waals surface area (Å²) in [5.41, 5.74) is 8.06. The van der Waals surface area contributed by atoms with Gasteiger partial charge in [0.25, 0.3) is 5.91 Å². The van der Waals surface area contributed by atoms with Crippen molar-refractivity contribution in [3.05, 3.63) is 60.1 Å². The number of likely N-dealkylation sites (tertiary alicyclic amines) is 1. The Kier molecular flexibility index (Phi) is 5.22. The molecule has 4 rings (SSSR count). The molecule has 2 aliphatic heterocycles. The Morgan fingerprint density at radius 1 is 1.07 bits per heavy atom. The maximum absolute atomic E-state index is 12.6. The predicted molar refractivity (Wildman–Crippen MR) is 99.6 cm³/mol. The van der Waals surface area contributed by atoms with Crippen LogP contribution < -0.4 is 16.2 Å². The fourth-order valence-electron chi connectivity index (χ4n) is 3.73. The zero-order chi connectivity index (χ0) is 18.6. The van der Waals surface area contributed by atoms with Gasteiger partial charge in [-0.25, -0.2) is 10.9 Å². The van der Waals surface area contributed by atoms with Crippen LogP contribution in [0.4, 0.5) is 0 Å². The minimum Gasteiger partial charge on any atom is -0.472 e. The first-order chi connectivity index (χ1) is 13.2. The average Bonchev–Trinajstić information content (AvgIpc) is 3.41. The van der Waals surface area contributed by atoms with Crippen molar-refractivity contribution in [2.45, 2.75) is 37.4 Å². The SMILES string of the molecule is O=C(NC1CCN(C(=O)c2ccoc2)CC1)C1CC(c2ccccc2)NN1. The molecule has 0 aliphatic carbocycles. The average molecular weight is 368 g/mol. The van der Waals surface area contributed by atoms with Crippen LogP contribution in [0.3, 0.4) is 0 Å². The molecule has 2 amide bonds. The van der Waals surface area contributed by atoms with Gasteiger partial charge >= 0.3 is 0 Å². The lowest BCUT2D eigenvalue weighted by atomic mass is 10.0. The molecule has 142 valence electrons. The Bertz CT molecular complexity index is 770. The lowest BCUT2D eigenvalue weighted by Gasteiger charge is -2.32. The summed E-state index contributed by atoms with van der Waals surface area (Å²) in [5.74, 6) is 0.00133. The van der Waals surface area contributed by atoms with Gasteiger partial charge in [-0.1, -0.05) is 30.3 Å². The number of nitrogens with zero attached hydrogens (tertiary/aromatic N) is 1. The Morgan fingerprint density at radius 2 is 1.85 bits per heavy atom. The topological polar surface area (TPSA) is 86.6 Å². The van der Waals surface area contributed by atoms with Crippen LogP contribution in [0.2, 0.25) is 0 Å². The Hall–Kier alpha value is -2.64. The van der Waals surface area contributed by atoms with Crippen molar-refractivity contribution in [1.82, 2.24) is 21.1 Å². The van der Waals surface area contributed by atoms with E-state index in [1.54, 1.807) is 6.07 Å². The number of nitrogens with one attached hydrogen (secondary N) is 3. The number of hydrogen-bond acceptors (Lipinski definition) is 5. The molecule has 2 fully saturated rings. The van der Waals surface area contributed by atoms with Crippen molar-refractivity contribution in [1.29, 1.82) is 0 Å². The molecule has 7 heteroatoms. The number of rotatable bonds is 4. The molecule has 7 nitrogen and oxygen atoms in total. The zero-order valence-electron chi connectivity index (χ0n) is 15.1. The number of furan rings is 1. The van der Waals surface area contributed by atoms with Crippen molar-refractivity contribution < 1.29 is 14.0 Å². The van der Waals surface area contributed by atoms with Gasteiger partial charge in [-0.3, -0.25) is 9.59 Å². The quantitative estimate of drug-likeness (QED) is 0.763. The first-order valence-electron chi connectivity index (χ1n) is 9.38. The van der Waals surface area contributed by atoms with E-state index in [0.717, 1.165) is 12.8 Å². The van der Waals surface area contributed by atoms with Gasteiger partial charge in [-0.15, -0.1) is 0 Å². The van der Waals surface area contributed by atoms with E-state index in [1.807, 2.05) is 23.1 Å². The minimum absolute atomic E-state index is 0.0131. The summed E-state index contributed by atoms with van der Waals surface area (Å²) in [7, 11) is 0. The second-order valence-corrected chi connectivity index (χ2v) is 7.13. The van der Waals surface area contributed by atoms with Crippen LogP contribution in [0, 0.1) is 0 Å². The summed E-state index contributed by atoms with van der Waals surface area (Å²) in [6.45, 7) is 1.27. The van der Waals surface area contributed by atoms with Crippen LogP contribution in [0.15, 0.2) is 53.3 Å². The molecule has 0 radical (unpaired) electrons. The number of carbonyl (C=O) groups excluding carboxylic acids is 2. The second-order valence-electron chi connectivity index (χ2n) is 7.13. The first-order valence-corrected chi connectivity index (χ1v) is 9.38. The molecule has 2 aliphatic rings. The van der Waals surface area contributed by atoms with E-state index >= 15 is 0 Å². The predicted octanol–water partition coefficient (Wildman–Crippen LogP) is 1.61. The zero-order valence-corrected chi connectivity index (χ0v) is 15.1. The van der Waals surface area contributed by atoms with Crippen molar-refractivity contribution in [3.63, 3.8) is 0 Å². The molecular formula is C20H24N4O3. The summed E-state index contributed by atoms with van der Waals surface area (Å²) < 4.78 is 4.98. The van der Waals surface area contributed by atoms with Gasteiger partial charge in [0.15, 0.2) is 0 Å². The molecule has 27 heavy (non-hydrogen) atoms. The summed E-state index contributed by atoms with van der Waals surface area (Å²) in [4.78, 5) is 26.7. The van der Waals surface area contributed by atoms with E-state index < -0.39 is 0 Å². The lowest BCUT2D eigenvalue weighted by Crippen LogP contribution is -2.51. The summed E-state index contributed by atoms with van der Waals surface area (Å²) >= 11 is 0. The highest BCUT2D eigenvalue weighted by molar-refractivity contribution is 5.93. The van der Waals surface area contributed by atoms with E-state index in [9.17, 15) is 9.59 Å². The lowest BCUT2D eigenvalue weighted by molar-refractivity contribution is -0.123. The van der Waals surface area contributed by atoms with E-state index in [4.69, 9.17) is 4.42 Å². The van der Waals surface area contributed by atoms with Gasteiger partial charge in [-0.2, -0.15) is 0 Å². The van der Waals surface area contributed by atoms with E-state index in [-0.39, 0.29) is 29.9 Å². The molecular weight excluding hydrogens is 344 g/mol. The van der Waals surface area contributed by atoms with Crippen LogP contribution in [-0.2, 0) is 4.79 Å². The highest BCUT2D eigenvalue weighted by atomic mass is 16.3. The summed E-state index contributed by atoms with van der Waals surface area (Å²) in [6, 6.07) is 11.8. The smallest absolute Gasteiger partial charge is 0.257 e. The van der Waals surface area contributed by atoms with Gasteiger partial charge in [0, 0.05) is 25.2 Å². The van der Waals surface area contributed by atoms with Crippen LogP contribution in [0.1, 0.15) is 41.2 Å². The molecule has 2 aromatic rings. The van der Waals surface area contributed by atoms with Crippen LogP contribution in [0.5, 0.6) is 0 Å². The molecule has 1 aromatic heterocycles. The van der Waals surface area contributed by atoms with Crippen molar-refractivity contribution in [2.24, 2.45) is 0 Å². The molecule has 0 saturated carbocycles. The van der Waals surface area contributed by atoms with E-state index in [0.29, 0.717) is 25.1 Å². The third-order valence-corrected chi connectivity index (χ3v) is 5.32. The number of hydrazine groups is 1. The Balaban J connectivity index is 1.25. The fourth-order valence-corrected chi connectivity index (χ4v) is 3.73. The number of carbonyl (C=O) groups is 2. The highest BCUT2D eigenvalue weighted by Crippen LogP contribution is 2.22. The van der Waals surface area contributed by atoms with E-state index in [2.05, 4.69) is 28.3 Å². The summed E-state index contributed by atoms with van der Waals surface area (Å²) in [5, 5.41) is 3.13. The molecule has 2 unspecified atom stereocenters. The third kappa shape index (κ3) is 4.04. The third-order valence-electron chi connectivity index (χ3n) is 5.32. The maximum Gasteiger partial charge on any atom is 0.257 e.